The van der Waals surface area contributed by atoms with Crippen LogP contribution >= 0.6 is 12.2 Å². The van der Waals surface area contributed by atoms with Gasteiger partial charge in [0.25, 0.3) is 0 Å². The van der Waals surface area contributed by atoms with Gasteiger partial charge in [-0.3, -0.25) is 5.43 Å². The average Bonchev–Trinajstić information content (AvgIpc) is 2.45. The van der Waals surface area contributed by atoms with Gasteiger partial charge in [-0.05, 0) is 37.7 Å². The Morgan fingerprint density at radius 3 is 2.90 bits per heavy atom. The Bertz CT molecular complexity index is 530. The third-order valence-corrected chi connectivity index (χ3v) is 2.63. The Kier molecular flexibility index (Phi) is 7.25. The molecule has 0 atom stereocenters. The largest absolute Gasteiger partial charge is 0.507 e. The molecule has 0 aliphatic heterocycles. The zero-order valence-corrected chi connectivity index (χ0v) is 13.2. The third-order valence-electron chi connectivity index (χ3n) is 2.40. The zero-order valence-electron chi connectivity index (χ0n) is 12.3. The van der Waals surface area contributed by atoms with E-state index < -0.39 is 0 Å². The maximum atomic E-state index is 9.87. The van der Waals surface area contributed by atoms with Crippen molar-refractivity contribution in [1.82, 2.24) is 10.7 Å². The maximum absolute atomic E-state index is 9.87. The highest BCUT2D eigenvalue weighted by Crippen LogP contribution is 2.22. The van der Waals surface area contributed by atoms with Crippen LogP contribution in [-0.4, -0.2) is 29.6 Å². The molecule has 0 spiro atoms. The van der Waals surface area contributed by atoms with Crippen LogP contribution in [0.25, 0.3) is 0 Å². The molecule has 0 fully saturated rings. The van der Waals surface area contributed by atoms with Gasteiger partial charge in [0.15, 0.2) is 5.11 Å². The average molecular weight is 307 g/mol. The first-order valence-corrected chi connectivity index (χ1v) is 7.11. The number of phenolic OH excluding ortho intramolecular Hbond substituents is 1. The number of rotatable bonds is 7. The molecule has 0 aliphatic carbocycles. The Labute approximate surface area is 130 Å². The molecule has 1 aromatic carbocycles. The number of benzene rings is 1. The van der Waals surface area contributed by atoms with E-state index in [0.717, 1.165) is 12.0 Å². The summed E-state index contributed by atoms with van der Waals surface area (Å²) in [6, 6.07) is 5.08. The number of nitrogens with one attached hydrogen (secondary N) is 2. The van der Waals surface area contributed by atoms with E-state index in [-0.39, 0.29) is 5.75 Å². The Morgan fingerprint density at radius 2 is 2.29 bits per heavy atom. The van der Waals surface area contributed by atoms with Crippen LogP contribution in [0.5, 0.6) is 11.5 Å². The van der Waals surface area contributed by atoms with Gasteiger partial charge in [0, 0.05) is 18.2 Å². The lowest BCUT2D eigenvalue weighted by Crippen LogP contribution is -2.32. The Balaban J connectivity index is 2.52. The maximum Gasteiger partial charge on any atom is 0.187 e. The molecule has 1 aromatic rings. The molecule has 114 valence electrons. The molecule has 3 N–H and O–H groups in total. The fourth-order valence-electron chi connectivity index (χ4n) is 1.37. The Hall–Kier alpha value is -2.08. The molecule has 1 rings (SSSR count). The molecule has 5 nitrogen and oxygen atoms in total. The molecule has 0 saturated carbocycles. The van der Waals surface area contributed by atoms with Crippen LogP contribution in [0.1, 0.15) is 25.8 Å². The smallest absolute Gasteiger partial charge is 0.187 e. The van der Waals surface area contributed by atoms with Crippen LogP contribution < -0.4 is 15.5 Å². The van der Waals surface area contributed by atoms with Crippen molar-refractivity contribution < 1.29 is 9.84 Å². The molecule has 0 unspecified atom stereocenters. The summed E-state index contributed by atoms with van der Waals surface area (Å²) in [5, 5.41) is 17.2. The lowest BCUT2D eigenvalue weighted by molar-refractivity contribution is 0.315. The first-order chi connectivity index (χ1) is 10.0. The second-order valence-electron chi connectivity index (χ2n) is 4.58. The standard InChI is InChI=1S/C15H21N3O2S/c1-4-7-20-13-6-5-12(14(19)8-13)10-17-18-15(21)16-9-11(2)3/h5-6,8,10,19H,2,4,7,9H2,1,3H3,(H2,16,18,21). The minimum Gasteiger partial charge on any atom is -0.507 e. The van der Waals surface area contributed by atoms with E-state index in [4.69, 9.17) is 17.0 Å². The summed E-state index contributed by atoms with van der Waals surface area (Å²) in [4.78, 5) is 0. The number of thiocarbonyl (C=S) groups is 1. The molecule has 21 heavy (non-hydrogen) atoms. The van der Waals surface area contributed by atoms with Crippen LogP contribution in [0.15, 0.2) is 35.5 Å². The third kappa shape index (κ3) is 6.76. The highest BCUT2D eigenvalue weighted by Gasteiger charge is 2.01. The first-order valence-electron chi connectivity index (χ1n) is 6.70. The second-order valence-corrected chi connectivity index (χ2v) is 4.99. The topological polar surface area (TPSA) is 65.9 Å². The molecule has 0 heterocycles. The van der Waals surface area contributed by atoms with E-state index in [0.29, 0.717) is 29.6 Å². The lowest BCUT2D eigenvalue weighted by atomic mass is 10.2. The van der Waals surface area contributed by atoms with Crippen molar-refractivity contribution in [3.8, 4) is 11.5 Å². The summed E-state index contributed by atoms with van der Waals surface area (Å²) in [5.74, 6) is 0.744. The van der Waals surface area contributed by atoms with Crippen molar-refractivity contribution in [2.45, 2.75) is 20.3 Å². The van der Waals surface area contributed by atoms with Gasteiger partial charge in [-0.25, -0.2) is 0 Å². The number of hydrogen-bond acceptors (Lipinski definition) is 4. The molecule has 0 amide bonds. The number of ether oxygens (including phenoxy) is 1. The first kappa shape index (κ1) is 17.0. The summed E-state index contributed by atoms with van der Waals surface area (Å²) in [6.07, 6.45) is 2.41. The minimum absolute atomic E-state index is 0.106. The quantitative estimate of drug-likeness (QED) is 0.313. The van der Waals surface area contributed by atoms with Crippen LogP contribution in [0, 0.1) is 0 Å². The van der Waals surface area contributed by atoms with E-state index in [9.17, 15) is 5.11 Å². The van der Waals surface area contributed by atoms with Crippen molar-refractivity contribution in [3.05, 3.63) is 35.9 Å². The van der Waals surface area contributed by atoms with Crippen molar-refractivity contribution in [1.29, 1.82) is 0 Å². The summed E-state index contributed by atoms with van der Waals surface area (Å²) < 4.78 is 5.43. The van der Waals surface area contributed by atoms with E-state index in [1.54, 1.807) is 18.2 Å². The van der Waals surface area contributed by atoms with Crippen LogP contribution in [0.3, 0.4) is 0 Å². The highest BCUT2D eigenvalue weighted by molar-refractivity contribution is 7.80. The van der Waals surface area contributed by atoms with Gasteiger partial charge < -0.3 is 15.2 Å². The second kappa shape index (κ2) is 8.97. The van der Waals surface area contributed by atoms with Crippen LogP contribution in [0.4, 0.5) is 0 Å². The lowest BCUT2D eigenvalue weighted by Gasteiger charge is -2.07. The van der Waals surface area contributed by atoms with Crippen LogP contribution in [-0.2, 0) is 0 Å². The van der Waals surface area contributed by atoms with Gasteiger partial charge >= 0.3 is 0 Å². The van der Waals surface area contributed by atoms with Crippen LogP contribution in [0.2, 0.25) is 0 Å². The van der Waals surface area contributed by atoms with E-state index in [2.05, 4.69) is 22.4 Å². The summed E-state index contributed by atoms with van der Waals surface area (Å²) in [7, 11) is 0. The zero-order chi connectivity index (χ0) is 15.7. The van der Waals surface area contributed by atoms with E-state index in [1.807, 2.05) is 13.8 Å². The van der Waals surface area contributed by atoms with Gasteiger partial charge in [0.05, 0.1) is 12.8 Å². The van der Waals surface area contributed by atoms with E-state index in [1.165, 1.54) is 6.21 Å². The monoisotopic (exact) mass is 307 g/mol. The number of hydrogen-bond donors (Lipinski definition) is 3. The minimum atomic E-state index is 0.106. The van der Waals surface area contributed by atoms with Gasteiger partial charge in [0.1, 0.15) is 11.5 Å². The normalized spacial score (nSPS) is 10.4. The summed E-state index contributed by atoms with van der Waals surface area (Å²) in [6.45, 7) is 8.91. The molecule has 0 saturated heterocycles. The predicted octanol–water partition coefficient (Wildman–Crippen LogP) is 2.56. The molecule has 6 heteroatoms. The van der Waals surface area contributed by atoms with Crippen molar-refractivity contribution in [2.24, 2.45) is 5.10 Å². The van der Waals surface area contributed by atoms with Crippen molar-refractivity contribution >= 4 is 23.5 Å². The molecular weight excluding hydrogens is 286 g/mol. The fourth-order valence-corrected chi connectivity index (χ4v) is 1.50. The van der Waals surface area contributed by atoms with Crippen molar-refractivity contribution in [3.63, 3.8) is 0 Å². The molecule has 0 bridgehead atoms. The van der Waals surface area contributed by atoms with Crippen molar-refractivity contribution in [2.75, 3.05) is 13.2 Å². The molecule has 0 radical (unpaired) electrons. The van der Waals surface area contributed by atoms with Gasteiger partial charge in [-0.15, -0.1) is 0 Å². The molecule has 0 aromatic heterocycles. The Morgan fingerprint density at radius 1 is 1.52 bits per heavy atom. The highest BCUT2D eigenvalue weighted by atomic mass is 32.1. The SMILES string of the molecule is C=C(C)CNC(=S)NN=Cc1ccc(OCCC)cc1O. The summed E-state index contributed by atoms with van der Waals surface area (Å²) in [5.41, 5.74) is 4.22. The van der Waals surface area contributed by atoms with Gasteiger partial charge in [0.2, 0.25) is 0 Å². The van der Waals surface area contributed by atoms with Gasteiger partial charge in [-0.1, -0.05) is 19.1 Å². The number of aromatic hydroxyl groups is 1. The van der Waals surface area contributed by atoms with E-state index >= 15 is 0 Å². The molecular formula is C15H21N3O2S. The van der Waals surface area contributed by atoms with Gasteiger partial charge in [-0.2, -0.15) is 5.10 Å². The summed E-state index contributed by atoms with van der Waals surface area (Å²) >= 11 is 5.03. The predicted molar refractivity (Wildman–Crippen MR) is 90.0 cm³/mol. The number of nitrogens with zero attached hydrogens (tertiary/aromatic N) is 1. The molecule has 0 aliphatic rings. The fraction of sp³-hybridized carbons (Fsp3) is 0.333. The number of hydrazone groups is 1. The number of phenols is 1.